The highest BCUT2D eigenvalue weighted by Crippen LogP contribution is 2.29. The van der Waals surface area contributed by atoms with Gasteiger partial charge in [-0.05, 0) is 31.0 Å². The molecule has 1 N–H and O–H groups in total. The van der Waals surface area contributed by atoms with Crippen LogP contribution in [0.2, 0.25) is 0 Å². The van der Waals surface area contributed by atoms with Gasteiger partial charge in [0.2, 0.25) is 0 Å². The number of H-pyrrole nitrogens is 1. The van der Waals surface area contributed by atoms with Gasteiger partial charge in [-0.25, -0.2) is 4.98 Å². The van der Waals surface area contributed by atoms with Crippen molar-refractivity contribution in [2.24, 2.45) is 0 Å². The first-order valence-corrected chi connectivity index (χ1v) is 6.67. The van der Waals surface area contributed by atoms with E-state index >= 15 is 0 Å². The van der Waals surface area contributed by atoms with Crippen LogP contribution in [0.3, 0.4) is 0 Å². The number of fused-ring (bicyclic) bond motifs is 1. The molecule has 0 aliphatic heterocycles. The third kappa shape index (κ3) is 1.75. The van der Waals surface area contributed by atoms with Gasteiger partial charge >= 0.3 is 0 Å². The molecule has 0 amide bonds. The predicted molar refractivity (Wildman–Crippen MR) is 78.7 cm³/mol. The van der Waals surface area contributed by atoms with Crippen molar-refractivity contribution in [2.45, 2.75) is 13.8 Å². The van der Waals surface area contributed by atoms with Gasteiger partial charge in [-0.15, -0.1) is 0 Å². The second-order valence-corrected chi connectivity index (χ2v) is 5.31. The molecule has 1 aromatic heterocycles. The van der Waals surface area contributed by atoms with Crippen molar-refractivity contribution in [1.29, 1.82) is 0 Å². The van der Waals surface area contributed by atoms with E-state index in [0.717, 1.165) is 26.9 Å². The minimum Gasteiger partial charge on any atom is -0.338 e. The molecule has 2 nitrogen and oxygen atoms in total. The first-order chi connectivity index (χ1) is 8.66. The zero-order chi connectivity index (χ0) is 12.7. The van der Waals surface area contributed by atoms with Gasteiger partial charge in [0.1, 0.15) is 5.82 Å². The Bertz CT molecular complexity index is 714. The van der Waals surface area contributed by atoms with Gasteiger partial charge in [0, 0.05) is 10.0 Å². The fraction of sp³-hybridized carbons (Fsp3) is 0.133. The Morgan fingerprint density at radius 2 is 1.78 bits per heavy atom. The van der Waals surface area contributed by atoms with Crippen LogP contribution in [0.1, 0.15) is 11.1 Å². The minimum atomic E-state index is 0.922. The first-order valence-electron chi connectivity index (χ1n) is 5.87. The van der Waals surface area contributed by atoms with Gasteiger partial charge in [0.25, 0.3) is 0 Å². The number of imidazole rings is 1. The number of rotatable bonds is 1. The van der Waals surface area contributed by atoms with Gasteiger partial charge in [-0.3, -0.25) is 0 Å². The molecule has 0 radical (unpaired) electrons. The zero-order valence-corrected chi connectivity index (χ0v) is 11.9. The molecule has 2 aromatic carbocycles. The maximum Gasteiger partial charge on any atom is 0.138 e. The number of nitrogens with one attached hydrogen (secondary N) is 1. The number of benzene rings is 2. The molecule has 0 aliphatic rings. The van der Waals surface area contributed by atoms with Crippen LogP contribution in [-0.2, 0) is 0 Å². The number of aromatic amines is 1. The van der Waals surface area contributed by atoms with Crippen LogP contribution >= 0.6 is 15.9 Å². The number of hydrogen-bond donors (Lipinski definition) is 1. The highest BCUT2D eigenvalue weighted by Gasteiger charge is 2.10. The number of hydrogen-bond acceptors (Lipinski definition) is 1. The molecule has 0 bridgehead atoms. The summed E-state index contributed by atoms with van der Waals surface area (Å²) >= 11 is 3.58. The van der Waals surface area contributed by atoms with E-state index in [4.69, 9.17) is 4.98 Å². The Morgan fingerprint density at radius 1 is 1.06 bits per heavy atom. The van der Waals surface area contributed by atoms with Gasteiger partial charge in [-0.2, -0.15) is 0 Å². The summed E-state index contributed by atoms with van der Waals surface area (Å²) in [5.74, 6) is 0.922. The Balaban J connectivity index is 2.27. The lowest BCUT2D eigenvalue weighted by Gasteiger charge is -2.02. The summed E-state index contributed by atoms with van der Waals surface area (Å²) in [7, 11) is 0. The lowest BCUT2D eigenvalue weighted by Crippen LogP contribution is -1.84. The predicted octanol–water partition coefficient (Wildman–Crippen LogP) is 4.61. The Labute approximate surface area is 114 Å². The van der Waals surface area contributed by atoms with Crippen LogP contribution in [-0.4, -0.2) is 9.97 Å². The van der Waals surface area contributed by atoms with Crippen molar-refractivity contribution >= 4 is 27.0 Å². The Hall–Kier alpha value is -1.61. The molecule has 0 fully saturated rings. The quantitative estimate of drug-likeness (QED) is 0.698. The van der Waals surface area contributed by atoms with Gasteiger partial charge in [-0.1, -0.05) is 46.3 Å². The maximum absolute atomic E-state index is 4.71. The SMILES string of the molecule is Cc1c(Br)cc2[nH]c(-c3ccccc3)nc2c1C. The van der Waals surface area contributed by atoms with Crippen molar-refractivity contribution in [3.63, 3.8) is 0 Å². The average molecular weight is 301 g/mol. The zero-order valence-electron chi connectivity index (χ0n) is 10.3. The third-order valence-electron chi connectivity index (χ3n) is 3.33. The molecular formula is C15H13BrN2. The van der Waals surface area contributed by atoms with Gasteiger partial charge in [0.15, 0.2) is 0 Å². The largest absolute Gasteiger partial charge is 0.338 e. The molecule has 90 valence electrons. The van der Waals surface area contributed by atoms with Crippen LogP contribution in [0, 0.1) is 13.8 Å². The third-order valence-corrected chi connectivity index (χ3v) is 4.15. The molecule has 0 atom stereocenters. The van der Waals surface area contributed by atoms with Gasteiger partial charge < -0.3 is 4.98 Å². The van der Waals surface area contributed by atoms with Crippen LogP contribution in [0.25, 0.3) is 22.4 Å². The molecule has 3 aromatic rings. The van der Waals surface area contributed by atoms with Crippen molar-refractivity contribution < 1.29 is 0 Å². The van der Waals surface area contributed by atoms with Crippen LogP contribution in [0.4, 0.5) is 0 Å². The lowest BCUT2D eigenvalue weighted by molar-refractivity contribution is 1.31. The van der Waals surface area contributed by atoms with E-state index in [-0.39, 0.29) is 0 Å². The summed E-state index contributed by atoms with van der Waals surface area (Å²) < 4.78 is 1.12. The summed E-state index contributed by atoms with van der Waals surface area (Å²) in [4.78, 5) is 8.09. The Morgan fingerprint density at radius 3 is 2.50 bits per heavy atom. The first kappa shape index (κ1) is 11.5. The normalized spacial score (nSPS) is 11.1. The van der Waals surface area contributed by atoms with Crippen molar-refractivity contribution in [3.05, 3.63) is 52.0 Å². The maximum atomic E-state index is 4.71. The molecule has 0 aliphatic carbocycles. The van der Waals surface area contributed by atoms with Gasteiger partial charge in [0.05, 0.1) is 11.0 Å². The van der Waals surface area contributed by atoms with E-state index in [0.29, 0.717) is 0 Å². The van der Waals surface area contributed by atoms with Crippen LogP contribution in [0.15, 0.2) is 40.9 Å². The molecular weight excluding hydrogens is 288 g/mol. The highest BCUT2D eigenvalue weighted by molar-refractivity contribution is 9.10. The summed E-state index contributed by atoms with van der Waals surface area (Å²) in [6.07, 6.45) is 0. The van der Waals surface area contributed by atoms with Crippen LogP contribution < -0.4 is 0 Å². The van der Waals surface area contributed by atoms with E-state index in [2.05, 4.69) is 53.0 Å². The summed E-state index contributed by atoms with van der Waals surface area (Å²) in [5.41, 5.74) is 5.70. The molecule has 0 saturated carbocycles. The minimum absolute atomic E-state index is 0.922. The lowest BCUT2D eigenvalue weighted by atomic mass is 10.1. The standard InChI is InChI=1S/C15H13BrN2/c1-9-10(2)14-13(8-12(9)16)17-15(18-14)11-6-4-3-5-7-11/h3-8H,1-2H3,(H,17,18). The van der Waals surface area contributed by atoms with E-state index in [1.807, 2.05) is 18.2 Å². The Kier molecular flexibility index (Phi) is 2.71. The second kappa shape index (κ2) is 4.25. The van der Waals surface area contributed by atoms with Crippen molar-refractivity contribution in [1.82, 2.24) is 9.97 Å². The van der Waals surface area contributed by atoms with E-state index in [9.17, 15) is 0 Å². The van der Waals surface area contributed by atoms with E-state index in [1.54, 1.807) is 0 Å². The molecule has 3 heteroatoms. The smallest absolute Gasteiger partial charge is 0.138 e. The topological polar surface area (TPSA) is 28.7 Å². The van der Waals surface area contributed by atoms with Crippen molar-refractivity contribution in [2.75, 3.05) is 0 Å². The fourth-order valence-electron chi connectivity index (χ4n) is 2.10. The second-order valence-electron chi connectivity index (χ2n) is 4.46. The number of halogens is 1. The van der Waals surface area contributed by atoms with Crippen molar-refractivity contribution in [3.8, 4) is 11.4 Å². The fourth-order valence-corrected chi connectivity index (χ4v) is 2.63. The van der Waals surface area contributed by atoms with Crippen LogP contribution in [0.5, 0.6) is 0 Å². The summed E-state index contributed by atoms with van der Waals surface area (Å²) in [5, 5.41) is 0. The molecule has 0 spiro atoms. The molecule has 18 heavy (non-hydrogen) atoms. The highest BCUT2D eigenvalue weighted by atomic mass is 79.9. The average Bonchev–Trinajstić information content (AvgIpc) is 2.81. The monoisotopic (exact) mass is 300 g/mol. The molecule has 0 unspecified atom stereocenters. The van der Waals surface area contributed by atoms with E-state index < -0.39 is 0 Å². The summed E-state index contributed by atoms with van der Waals surface area (Å²) in [6, 6.07) is 12.3. The molecule has 3 rings (SSSR count). The number of aromatic nitrogens is 2. The number of nitrogens with zero attached hydrogens (tertiary/aromatic N) is 1. The van der Waals surface area contributed by atoms with E-state index in [1.165, 1.54) is 11.1 Å². The number of aryl methyl sites for hydroxylation is 1. The summed E-state index contributed by atoms with van der Waals surface area (Å²) in [6.45, 7) is 4.22. The molecule has 0 saturated heterocycles. The molecule has 1 heterocycles.